The van der Waals surface area contributed by atoms with Gasteiger partial charge in [-0.15, -0.1) is 0 Å². The van der Waals surface area contributed by atoms with Crippen LogP contribution in [0.2, 0.25) is 0 Å². The molecule has 2 amide bonds. The number of carbonyl (C=O) groups is 2. The van der Waals surface area contributed by atoms with Crippen molar-refractivity contribution < 1.29 is 22.7 Å². The van der Waals surface area contributed by atoms with Crippen LogP contribution in [0, 0.1) is 0 Å². The second kappa shape index (κ2) is 8.95. The molecule has 2 N–H and O–H groups in total. The summed E-state index contributed by atoms with van der Waals surface area (Å²) in [5, 5.41) is 2.76. The molecule has 0 bridgehead atoms. The molecule has 0 spiro atoms. The van der Waals surface area contributed by atoms with E-state index in [9.17, 15) is 18.0 Å². The highest BCUT2D eigenvalue weighted by Gasteiger charge is 2.25. The van der Waals surface area contributed by atoms with Crippen molar-refractivity contribution in [3.63, 3.8) is 0 Å². The predicted molar refractivity (Wildman–Crippen MR) is 126 cm³/mol. The van der Waals surface area contributed by atoms with Crippen LogP contribution in [0.3, 0.4) is 0 Å². The summed E-state index contributed by atoms with van der Waals surface area (Å²) in [6.07, 6.45) is 0.582. The average molecular weight is 466 g/mol. The van der Waals surface area contributed by atoms with E-state index in [1.165, 1.54) is 19.1 Å². The second-order valence-corrected chi connectivity index (χ2v) is 9.23. The summed E-state index contributed by atoms with van der Waals surface area (Å²) in [5.41, 5.74) is 2.40. The van der Waals surface area contributed by atoms with Crippen LogP contribution in [-0.2, 0) is 21.2 Å². The molecule has 0 aliphatic carbocycles. The van der Waals surface area contributed by atoms with E-state index in [0.29, 0.717) is 24.4 Å². The first-order valence-corrected chi connectivity index (χ1v) is 11.7. The quantitative estimate of drug-likeness (QED) is 0.578. The Bertz CT molecular complexity index is 1320. The lowest BCUT2D eigenvalue weighted by Gasteiger charge is -2.16. The summed E-state index contributed by atoms with van der Waals surface area (Å²) in [5.74, 6) is 0.116. The van der Waals surface area contributed by atoms with Crippen molar-refractivity contribution in [3.05, 3.63) is 77.9 Å². The number of para-hydroxylation sites is 1. The van der Waals surface area contributed by atoms with Crippen LogP contribution in [0.25, 0.3) is 0 Å². The Morgan fingerprint density at radius 3 is 2.42 bits per heavy atom. The fourth-order valence-electron chi connectivity index (χ4n) is 3.72. The number of nitrogens with one attached hydrogen (secondary N) is 2. The third kappa shape index (κ3) is 4.68. The van der Waals surface area contributed by atoms with Gasteiger partial charge in [-0.25, -0.2) is 8.42 Å². The number of amides is 2. The number of hydrogen-bond acceptors (Lipinski definition) is 5. The zero-order valence-electron chi connectivity index (χ0n) is 18.2. The van der Waals surface area contributed by atoms with Gasteiger partial charge in [0.05, 0.1) is 23.3 Å². The van der Waals surface area contributed by atoms with Crippen LogP contribution < -0.4 is 19.7 Å². The van der Waals surface area contributed by atoms with Crippen LogP contribution in [0.15, 0.2) is 71.6 Å². The van der Waals surface area contributed by atoms with E-state index in [0.717, 1.165) is 11.3 Å². The maximum atomic E-state index is 13.1. The molecule has 1 aliphatic rings. The van der Waals surface area contributed by atoms with Gasteiger partial charge >= 0.3 is 0 Å². The number of rotatable bonds is 6. The minimum absolute atomic E-state index is 0.0667. The molecular formula is C24H23N3O5S. The molecule has 4 rings (SSSR count). The van der Waals surface area contributed by atoms with E-state index in [4.69, 9.17) is 4.74 Å². The average Bonchev–Trinajstić information content (AvgIpc) is 3.23. The number of methoxy groups -OCH3 is 1. The molecule has 0 atom stereocenters. The summed E-state index contributed by atoms with van der Waals surface area (Å²) < 4.78 is 33.8. The van der Waals surface area contributed by atoms with Crippen LogP contribution in [0.5, 0.6) is 5.75 Å². The first-order chi connectivity index (χ1) is 15.8. The van der Waals surface area contributed by atoms with E-state index in [2.05, 4.69) is 10.0 Å². The lowest BCUT2D eigenvalue weighted by Crippen LogP contribution is -2.25. The lowest BCUT2D eigenvalue weighted by atomic mass is 10.1. The van der Waals surface area contributed by atoms with E-state index in [-0.39, 0.29) is 22.1 Å². The highest BCUT2D eigenvalue weighted by molar-refractivity contribution is 7.92. The van der Waals surface area contributed by atoms with E-state index >= 15 is 0 Å². The van der Waals surface area contributed by atoms with Gasteiger partial charge in [-0.05, 0) is 66.6 Å². The maximum Gasteiger partial charge on any atom is 0.261 e. The fourth-order valence-corrected chi connectivity index (χ4v) is 4.85. The molecule has 170 valence electrons. The van der Waals surface area contributed by atoms with Crippen molar-refractivity contribution in [1.82, 2.24) is 0 Å². The molecule has 0 saturated heterocycles. The van der Waals surface area contributed by atoms with Crippen LogP contribution in [-0.4, -0.2) is 33.9 Å². The smallest absolute Gasteiger partial charge is 0.261 e. The molecule has 3 aromatic rings. The minimum atomic E-state index is -3.96. The Morgan fingerprint density at radius 2 is 1.73 bits per heavy atom. The fraction of sp³-hybridized carbons (Fsp3) is 0.167. The van der Waals surface area contributed by atoms with Crippen molar-refractivity contribution in [2.45, 2.75) is 18.2 Å². The molecule has 33 heavy (non-hydrogen) atoms. The van der Waals surface area contributed by atoms with Crippen molar-refractivity contribution in [3.8, 4) is 5.75 Å². The van der Waals surface area contributed by atoms with Gasteiger partial charge in [0.15, 0.2) is 0 Å². The van der Waals surface area contributed by atoms with Gasteiger partial charge < -0.3 is 15.0 Å². The molecule has 0 radical (unpaired) electrons. The molecule has 3 aromatic carbocycles. The monoisotopic (exact) mass is 465 g/mol. The highest BCUT2D eigenvalue weighted by atomic mass is 32.2. The number of sulfonamides is 1. The SMILES string of the molecule is COc1ccc(NC(=O)c2ccccc2NS(=O)(=O)c2ccc3c(c2)CCN3C(C)=O)cc1. The molecule has 9 heteroatoms. The third-order valence-electron chi connectivity index (χ3n) is 5.40. The van der Waals surface area contributed by atoms with Gasteiger partial charge in [0.1, 0.15) is 5.75 Å². The van der Waals surface area contributed by atoms with Crippen LogP contribution in [0.4, 0.5) is 17.1 Å². The summed E-state index contributed by atoms with van der Waals surface area (Å²) >= 11 is 0. The first kappa shape index (κ1) is 22.3. The Labute approximate surface area is 192 Å². The van der Waals surface area contributed by atoms with Gasteiger partial charge in [0.25, 0.3) is 15.9 Å². The minimum Gasteiger partial charge on any atom is -0.497 e. The summed E-state index contributed by atoms with van der Waals surface area (Å²) in [7, 11) is -2.41. The largest absolute Gasteiger partial charge is 0.497 e. The Kier molecular flexibility index (Phi) is 6.06. The molecule has 0 aromatic heterocycles. The lowest BCUT2D eigenvalue weighted by molar-refractivity contribution is -0.116. The van der Waals surface area contributed by atoms with Gasteiger partial charge in [0.2, 0.25) is 5.91 Å². The summed E-state index contributed by atoms with van der Waals surface area (Å²) in [6, 6.07) is 17.9. The molecule has 1 aliphatic heterocycles. The van der Waals surface area contributed by atoms with E-state index in [1.54, 1.807) is 66.6 Å². The number of nitrogens with zero attached hydrogens (tertiary/aromatic N) is 1. The Morgan fingerprint density at radius 1 is 1.00 bits per heavy atom. The molecule has 8 nitrogen and oxygen atoms in total. The van der Waals surface area contributed by atoms with Crippen molar-refractivity contribution in [2.24, 2.45) is 0 Å². The van der Waals surface area contributed by atoms with Gasteiger partial charge in [-0.3, -0.25) is 14.3 Å². The normalized spacial score (nSPS) is 12.7. The number of benzene rings is 3. The van der Waals surface area contributed by atoms with Crippen molar-refractivity contribution >= 4 is 38.9 Å². The summed E-state index contributed by atoms with van der Waals surface area (Å²) in [4.78, 5) is 26.3. The van der Waals surface area contributed by atoms with Gasteiger partial charge in [-0.1, -0.05) is 12.1 Å². The molecule has 0 fully saturated rings. The van der Waals surface area contributed by atoms with E-state index in [1.807, 2.05) is 0 Å². The zero-order chi connectivity index (χ0) is 23.6. The van der Waals surface area contributed by atoms with Crippen molar-refractivity contribution in [2.75, 3.05) is 28.6 Å². The number of carbonyl (C=O) groups excluding carboxylic acids is 2. The number of hydrogen-bond donors (Lipinski definition) is 2. The molecule has 1 heterocycles. The zero-order valence-corrected chi connectivity index (χ0v) is 19.0. The van der Waals surface area contributed by atoms with Crippen LogP contribution in [0.1, 0.15) is 22.8 Å². The standard InChI is InChI=1S/C24H23N3O5S/c1-16(28)27-14-13-17-15-20(11-12-23(17)27)33(30,31)26-22-6-4-3-5-21(22)24(29)25-18-7-9-19(32-2)10-8-18/h3-12,15,26H,13-14H2,1-2H3,(H,25,29). The predicted octanol–water partition coefficient (Wildman–Crippen LogP) is 3.66. The van der Waals surface area contributed by atoms with Gasteiger partial charge in [0, 0.05) is 24.8 Å². The summed E-state index contributed by atoms with van der Waals surface area (Å²) in [6.45, 7) is 2.01. The number of anilines is 3. The Balaban J connectivity index is 1.57. The Hall–Kier alpha value is -3.85. The molecule has 0 unspecified atom stereocenters. The van der Waals surface area contributed by atoms with Crippen molar-refractivity contribution in [1.29, 1.82) is 0 Å². The van der Waals surface area contributed by atoms with Gasteiger partial charge in [-0.2, -0.15) is 0 Å². The topological polar surface area (TPSA) is 105 Å². The second-order valence-electron chi connectivity index (χ2n) is 7.54. The first-order valence-electron chi connectivity index (χ1n) is 10.3. The van der Waals surface area contributed by atoms with E-state index < -0.39 is 15.9 Å². The van der Waals surface area contributed by atoms with Crippen LogP contribution >= 0.6 is 0 Å². The molecular weight excluding hydrogens is 442 g/mol. The third-order valence-corrected chi connectivity index (χ3v) is 6.76. The molecule has 0 saturated carbocycles. The highest BCUT2D eigenvalue weighted by Crippen LogP contribution is 2.31. The maximum absolute atomic E-state index is 13.1. The number of ether oxygens (including phenoxy) is 1. The number of fused-ring (bicyclic) bond motifs is 1.